The van der Waals surface area contributed by atoms with E-state index in [-0.39, 0.29) is 23.8 Å². The predicted octanol–water partition coefficient (Wildman–Crippen LogP) is 3.06. The highest BCUT2D eigenvalue weighted by Gasteiger charge is 2.11. The largest absolute Gasteiger partial charge is 0.493 e. The van der Waals surface area contributed by atoms with Crippen LogP contribution in [0, 0.1) is 0 Å². The quantitative estimate of drug-likeness (QED) is 0.386. The number of halogens is 1. The van der Waals surface area contributed by atoms with Crippen LogP contribution in [0.25, 0.3) is 0 Å². The number of aromatic amines is 1. The van der Waals surface area contributed by atoms with Gasteiger partial charge in [-0.25, -0.2) is 0 Å². The molecule has 0 aliphatic carbocycles. The summed E-state index contributed by atoms with van der Waals surface area (Å²) >= 11 is 1.48. The van der Waals surface area contributed by atoms with E-state index in [0.717, 1.165) is 44.6 Å². The van der Waals surface area contributed by atoms with E-state index in [1.807, 2.05) is 0 Å². The number of nitrogens with zero attached hydrogens (tertiary/aromatic N) is 2. The highest BCUT2D eigenvalue weighted by Crippen LogP contribution is 2.18. The van der Waals surface area contributed by atoms with Crippen LogP contribution in [0.15, 0.2) is 9.95 Å². The first-order valence-electron chi connectivity index (χ1n) is 7.79. The molecule has 128 valence electrons. The molecule has 0 atom stereocenters. The molecule has 22 heavy (non-hydrogen) atoms. The van der Waals surface area contributed by atoms with Crippen LogP contribution in [0.2, 0.25) is 0 Å². The third kappa shape index (κ3) is 7.03. The molecule has 0 saturated heterocycles. The zero-order valence-corrected chi connectivity index (χ0v) is 15.4. The van der Waals surface area contributed by atoms with Crippen molar-refractivity contribution in [1.29, 1.82) is 0 Å². The predicted molar refractivity (Wildman–Crippen MR) is 95.5 cm³/mol. The van der Waals surface area contributed by atoms with Crippen molar-refractivity contribution in [2.75, 3.05) is 25.4 Å². The van der Waals surface area contributed by atoms with E-state index in [1.165, 1.54) is 11.8 Å². The normalized spacial score (nSPS) is 10.7. The lowest BCUT2D eigenvalue weighted by Gasteiger charge is -2.17. The molecule has 2 N–H and O–H groups in total. The molecule has 0 amide bonds. The number of hydrogen-bond donors (Lipinski definition) is 2. The summed E-state index contributed by atoms with van der Waals surface area (Å²) < 4.78 is 0. The van der Waals surface area contributed by atoms with Crippen LogP contribution in [-0.4, -0.2) is 45.4 Å². The number of aromatic nitrogens is 2. The molecule has 0 aliphatic heterocycles. The lowest BCUT2D eigenvalue weighted by Crippen LogP contribution is -2.25. The zero-order chi connectivity index (χ0) is 15.7. The number of unbranched alkanes of at least 4 members (excludes halogenated alkanes) is 2. The van der Waals surface area contributed by atoms with Crippen molar-refractivity contribution in [3.8, 4) is 5.88 Å². The van der Waals surface area contributed by atoms with Gasteiger partial charge in [-0.05, 0) is 25.9 Å². The Hall–Kier alpha value is -0.720. The van der Waals surface area contributed by atoms with Crippen molar-refractivity contribution in [3.05, 3.63) is 15.9 Å². The summed E-state index contributed by atoms with van der Waals surface area (Å²) in [4.78, 5) is 21.2. The van der Waals surface area contributed by atoms with Gasteiger partial charge in [0.15, 0.2) is 5.16 Å². The third-order valence-electron chi connectivity index (χ3n) is 3.54. The van der Waals surface area contributed by atoms with Crippen molar-refractivity contribution in [3.63, 3.8) is 0 Å². The van der Waals surface area contributed by atoms with Gasteiger partial charge in [0.2, 0.25) is 5.88 Å². The van der Waals surface area contributed by atoms with Gasteiger partial charge in [0.05, 0.1) is 5.56 Å². The SMILES string of the molecule is CCCCCc1c(O)nc(SCCN(CC)CC)[nH]c1=O.Cl. The molecule has 0 unspecified atom stereocenters. The molecule has 0 spiro atoms. The first-order chi connectivity index (χ1) is 10.1. The van der Waals surface area contributed by atoms with Crippen molar-refractivity contribution < 1.29 is 5.11 Å². The average molecular weight is 350 g/mol. The fourth-order valence-electron chi connectivity index (χ4n) is 2.12. The summed E-state index contributed by atoms with van der Waals surface area (Å²) in [6.07, 6.45) is 3.64. The molecule has 0 radical (unpaired) electrons. The summed E-state index contributed by atoms with van der Waals surface area (Å²) in [5, 5.41) is 10.4. The highest BCUT2D eigenvalue weighted by molar-refractivity contribution is 7.99. The van der Waals surface area contributed by atoms with Crippen molar-refractivity contribution in [2.24, 2.45) is 0 Å². The molecule has 0 bridgehead atoms. The Morgan fingerprint density at radius 3 is 2.45 bits per heavy atom. The van der Waals surface area contributed by atoms with Gasteiger partial charge in [0.25, 0.3) is 5.56 Å². The second-order valence-corrected chi connectivity index (χ2v) is 6.09. The standard InChI is InChI=1S/C15H27N3O2S.ClH/c1-4-7-8-9-12-13(19)16-15(17-14(12)20)21-11-10-18(5-2)6-3;/h4-11H2,1-3H3,(H2,16,17,19,20);1H. The summed E-state index contributed by atoms with van der Waals surface area (Å²) in [5.74, 6) is 0.736. The molecular formula is C15H28ClN3O2S. The molecular weight excluding hydrogens is 322 g/mol. The second-order valence-electron chi connectivity index (χ2n) is 5.01. The van der Waals surface area contributed by atoms with Crippen LogP contribution in [0.1, 0.15) is 45.6 Å². The maximum Gasteiger partial charge on any atom is 0.258 e. The van der Waals surface area contributed by atoms with E-state index in [4.69, 9.17) is 0 Å². The molecule has 1 aromatic heterocycles. The minimum Gasteiger partial charge on any atom is -0.493 e. The molecule has 1 heterocycles. The van der Waals surface area contributed by atoms with Crippen molar-refractivity contribution in [2.45, 2.75) is 51.6 Å². The van der Waals surface area contributed by atoms with Crippen LogP contribution in [-0.2, 0) is 6.42 Å². The zero-order valence-electron chi connectivity index (χ0n) is 13.7. The highest BCUT2D eigenvalue weighted by atomic mass is 35.5. The van der Waals surface area contributed by atoms with Gasteiger partial charge < -0.3 is 15.0 Å². The third-order valence-corrected chi connectivity index (χ3v) is 4.40. The summed E-state index contributed by atoms with van der Waals surface area (Å²) in [7, 11) is 0. The molecule has 0 fully saturated rings. The van der Waals surface area contributed by atoms with Gasteiger partial charge in [0.1, 0.15) is 0 Å². The Kier molecular flexibility index (Phi) is 11.4. The maximum atomic E-state index is 12.0. The van der Waals surface area contributed by atoms with E-state index >= 15 is 0 Å². The fourth-order valence-corrected chi connectivity index (χ4v) is 2.98. The molecule has 1 aromatic rings. The lowest BCUT2D eigenvalue weighted by molar-refractivity contribution is 0.324. The summed E-state index contributed by atoms with van der Waals surface area (Å²) in [6.45, 7) is 9.35. The van der Waals surface area contributed by atoms with Crippen LogP contribution < -0.4 is 5.56 Å². The Bertz CT molecular complexity index is 478. The van der Waals surface area contributed by atoms with E-state index < -0.39 is 0 Å². The van der Waals surface area contributed by atoms with Gasteiger partial charge in [0, 0.05) is 12.3 Å². The van der Waals surface area contributed by atoms with E-state index in [1.54, 1.807) is 0 Å². The minimum atomic E-state index is -0.205. The van der Waals surface area contributed by atoms with E-state index in [2.05, 4.69) is 35.6 Å². The van der Waals surface area contributed by atoms with Gasteiger partial charge in [-0.2, -0.15) is 4.98 Å². The van der Waals surface area contributed by atoms with Crippen molar-refractivity contribution in [1.82, 2.24) is 14.9 Å². The molecule has 0 aromatic carbocycles. The molecule has 0 aliphatic rings. The number of thioether (sulfide) groups is 1. The first kappa shape index (κ1) is 21.3. The Balaban J connectivity index is 0.00000441. The van der Waals surface area contributed by atoms with Gasteiger partial charge in [-0.15, -0.1) is 12.4 Å². The monoisotopic (exact) mass is 349 g/mol. The minimum absolute atomic E-state index is 0. The topological polar surface area (TPSA) is 69.2 Å². The van der Waals surface area contributed by atoms with E-state index in [0.29, 0.717) is 17.1 Å². The number of nitrogens with one attached hydrogen (secondary N) is 1. The van der Waals surface area contributed by atoms with Crippen LogP contribution in [0.4, 0.5) is 0 Å². The van der Waals surface area contributed by atoms with Crippen LogP contribution in [0.5, 0.6) is 5.88 Å². The molecule has 7 heteroatoms. The van der Waals surface area contributed by atoms with Gasteiger partial charge in [-0.3, -0.25) is 4.79 Å². The van der Waals surface area contributed by atoms with Gasteiger partial charge >= 0.3 is 0 Å². The Morgan fingerprint density at radius 1 is 1.23 bits per heavy atom. The summed E-state index contributed by atoms with van der Waals surface area (Å²) in [6, 6.07) is 0. The second kappa shape index (κ2) is 11.8. The Labute approximate surface area is 143 Å². The maximum absolute atomic E-state index is 12.0. The number of H-pyrrole nitrogens is 1. The average Bonchev–Trinajstić information content (AvgIpc) is 2.46. The first-order valence-corrected chi connectivity index (χ1v) is 8.78. The van der Waals surface area contributed by atoms with E-state index in [9.17, 15) is 9.90 Å². The van der Waals surface area contributed by atoms with Crippen molar-refractivity contribution >= 4 is 24.2 Å². The molecule has 5 nitrogen and oxygen atoms in total. The fraction of sp³-hybridized carbons (Fsp3) is 0.733. The van der Waals surface area contributed by atoms with Crippen LogP contribution >= 0.6 is 24.2 Å². The summed E-state index contributed by atoms with van der Waals surface area (Å²) in [5.41, 5.74) is 0.209. The Morgan fingerprint density at radius 2 is 1.91 bits per heavy atom. The molecule has 1 rings (SSSR count). The smallest absolute Gasteiger partial charge is 0.258 e. The number of aromatic hydroxyl groups is 1. The van der Waals surface area contributed by atoms with Gasteiger partial charge in [-0.1, -0.05) is 45.4 Å². The van der Waals surface area contributed by atoms with Crippen LogP contribution in [0.3, 0.4) is 0 Å². The number of rotatable bonds is 10. The number of hydrogen-bond acceptors (Lipinski definition) is 5. The lowest BCUT2D eigenvalue weighted by atomic mass is 10.1. The molecule has 0 saturated carbocycles.